The fraction of sp³-hybridized carbons (Fsp3) is 0.747. The van der Waals surface area contributed by atoms with E-state index in [1.165, 1.54) is 96.3 Å². The maximum Gasteiger partial charge on any atom is 0.366 e. The van der Waals surface area contributed by atoms with Crippen molar-refractivity contribution in [2.75, 3.05) is 33.5 Å². The summed E-state index contributed by atoms with van der Waals surface area (Å²) in [6.45, 7) is 11.6. The van der Waals surface area contributed by atoms with Crippen molar-refractivity contribution in [1.29, 1.82) is 0 Å². The van der Waals surface area contributed by atoms with E-state index in [0.717, 1.165) is 147 Å². The van der Waals surface area contributed by atoms with E-state index in [1.54, 1.807) is 36.4 Å². The summed E-state index contributed by atoms with van der Waals surface area (Å²) < 4.78 is 109. The van der Waals surface area contributed by atoms with Gasteiger partial charge in [0, 0.05) is 82.6 Å². The van der Waals surface area contributed by atoms with Crippen LogP contribution >= 0.6 is 0 Å². The largest absolute Gasteiger partial charge is 0.465 e. The van der Waals surface area contributed by atoms with Gasteiger partial charge in [-0.25, -0.2) is 9.59 Å². The number of methoxy groups -OCH3 is 1. The van der Waals surface area contributed by atoms with Crippen LogP contribution in [0.3, 0.4) is 0 Å². The normalized spacial score (nSPS) is 23.6. The standard InChI is InChI=1S/C87H134N2O32/c1-15-17-19-21-23-25-27-29-30-32-34-36-38-40-45-49-73(101)89-67(68(116-83(102)66-46-42-41-43-47-66)48-44-39-37-35-33-31-28-26-24-22-20-18-16-2)51-108-84-81(114-64(12)99)79(113-63(11)98)76(71(117-84)53-106-57(5)92)119-85-82(115-65(13)100)80(77(112-62(10)97)72(118-85)54-107-58(6)93)121-87(86(103)104-14)50-69(109-59(7)94)74(88-55(3)90)78(120-87)75(111-61(9)96)70(110-60(8)95)52-105-56(4)91/h41-44,46-48,67-72,74-82,84-85H,15-40,45,49-54H2,1-14H3,(H,88,90)(H,89,101)/b48-44+/t67-,68+,69-,70+,71+,72+,74+,75+,76+,77-,78+,79-,80-,81+,82+,84+,85-,87-/m0/s1/i86+1. The number of esters is 12. The number of hydrogen-bond donors (Lipinski definition) is 2. The molecule has 3 fully saturated rings. The molecule has 3 heterocycles. The monoisotopic (exact) mass is 1720 g/mol. The number of hydrogen-bond acceptors (Lipinski definition) is 32. The Kier molecular flexibility index (Phi) is 49.8. The highest BCUT2D eigenvalue weighted by molar-refractivity contribution is 5.89. The number of amides is 2. The van der Waals surface area contributed by atoms with Gasteiger partial charge < -0.3 is 95.9 Å². The van der Waals surface area contributed by atoms with E-state index in [1.807, 2.05) is 6.08 Å². The van der Waals surface area contributed by atoms with Crippen LogP contribution in [-0.2, 0) is 148 Å². The van der Waals surface area contributed by atoms with E-state index in [4.69, 9.17) is 85.3 Å². The van der Waals surface area contributed by atoms with Gasteiger partial charge in [-0.05, 0) is 37.5 Å². The van der Waals surface area contributed by atoms with Crippen LogP contribution in [0, 0.1) is 0 Å². The van der Waals surface area contributed by atoms with Crippen molar-refractivity contribution in [3.8, 4) is 0 Å². The molecule has 18 atom stereocenters. The minimum atomic E-state index is -3.23. The lowest BCUT2D eigenvalue weighted by Crippen LogP contribution is -2.72. The Morgan fingerprint density at radius 1 is 0.471 bits per heavy atom. The molecule has 34 heteroatoms. The zero-order valence-corrected chi connectivity index (χ0v) is 73.3. The van der Waals surface area contributed by atoms with E-state index >= 15 is 4.79 Å². The second-order valence-electron chi connectivity index (χ2n) is 30.8. The third-order valence-corrected chi connectivity index (χ3v) is 20.1. The Labute approximate surface area is 711 Å². The zero-order chi connectivity index (χ0) is 89.4. The predicted octanol–water partition coefficient (Wildman–Crippen LogP) is 10.8. The van der Waals surface area contributed by atoms with Crippen molar-refractivity contribution in [2.24, 2.45) is 0 Å². The first-order valence-electron chi connectivity index (χ1n) is 42.8. The summed E-state index contributed by atoms with van der Waals surface area (Å²) >= 11 is 0. The second-order valence-corrected chi connectivity index (χ2v) is 30.8. The van der Waals surface area contributed by atoms with Crippen LogP contribution in [0.2, 0.25) is 0 Å². The first-order chi connectivity index (χ1) is 57.7. The van der Waals surface area contributed by atoms with Crippen molar-refractivity contribution < 1.29 is 152 Å². The van der Waals surface area contributed by atoms with Crippen LogP contribution in [0.1, 0.15) is 287 Å². The maximum absolute atomic E-state index is 15.2. The lowest BCUT2D eigenvalue weighted by Gasteiger charge is -2.52. The van der Waals surface area contributed by atoms with Crippen molar-refractivity contribution in [1.82, 2.24) is 10.6 Å². The lowest BCUT2D eigenvalue weighted by molar-refractivity contribution is -0.387. The van der Waals surface area contributed by atoms with E-state index < -0.39 is 226 Å². The molecule has 0 spiro atoms. The minimum absolute atomic E-state index is 0.0517. The van der Waals surface area contributed by atoms with Gasteiger partial charge in [0.1, 0.15) is 62.5 Å². The number of allylic oxidation sites excluding steroid dienone is 1. The number of carbonyl (C=O) groups is 14. The van der Waals surface area contributed by atoms with Crippen LogP contribution in [0.5, 0.6) is 0 Å². The van der Waals surface area contributed by atoms with Crippen molar-refractivity contribution in [3.63, 3.8) is 0 Å². The average molecular weight is 1720 g/mol. The van der Waals surface area contributed by atoms with Crippen LogP contribution in [-0.4, -0.2) is 227 Å². The Morgan fingerprint density at radius 2 is 0.926 bits per heavy atom. The molecule has 0 bridgehead atoms. The van der Waals surface area contributed by atoms with Gasteiger partial charge in [-0.15, -0.1) is 0 Å². The van der Waals surface area contributed by atoms with Gasteiger partial charge in [-0.1, -0.05) is 192 Å². The van der Waals surface area contributed by atoms with Gasteiger partial charge in [0.15, 0.2) is 49.2 Å². The van der Waals surface area contributed by atoms with Crippen molar-refractivity contribution >= 4 is 83.4 Å². The van der Waals surface area contributed by atoms with Crippen LogP contribution < -0.4 is 10.6 Å². The molecule has 0 unspecified atom stereocenters. The highest BCUT2D eigenvalue weighted by Gasteiger charge is 2.65. The highest BCUT2D eigenvalue weighted by atomic mass is 16.8. The first-order valence-corrected chi connectivity index (χ1v) is 42.8. The van der Waals surface area contributed by atoms with Gasteiger partial charge >= 0.3 is 71.6 Å². The lowest BCUT2D eigenvalue weighted by atomic mass is 9.89. The summed E-state index contributed by atoms with van der Waals surface area (Å²) in [4.78, 5) is 190. The van der Waals surface area contributed by atoms with Gasteiger partial charge in [-0.2, -0.15) is 0 Å². The van der Waals surface area contributed by atoms with Gasteiger partial charge in [0.2, 0.25) is 11.8 Å². The quantitative estimate of drug-likeness (QED) is 0.0201. The smallest absolute Gasteiger partial charge is 0.366 e. The molecular formula is C87H134N2O32. The summed E-state index contributed by atoms with van der Waals surface area (Å²) in [5.41, 5.74) is 0.179. The van der Waals surface area contributed by atoms with Crippen molar-refractivity contribution in [3.05, 3.63) is 48.0 Å². The third-order valence-electron chi connectivity index (χ3n) is 20.1. The number of nitrogens with one attached hydrogen (secondary N) is 2. The third kappa shape index (κ3) is 40.0. The topological polar surface area (TPSA) is 429 Å². The molecule has 0 aromatic heterocycles. The fourth-order valence-electron chi connectivity index (χ4n) is 14.7. The Hall–Kier alpha value is -8.70. The molecule has 684 valence electrons. The molecule has 0 aliphatic carbocycles. The van der Waals surface area contributed by atoms with Gasteiger partial charge in [0.25, 0.3) is 5.79 Å². The van der Waals surface area contributed by atoms with E-state index in [-0.39, 0.29) is 12.0 Å². The Morgan fingerprint density at radius 3 is 1.40 bits per heavy atom. The predicted molar refractivity (Wildman–Crippen MR) is 431 cm³/mol. The summed E-state index contributed by atoms with van der Waals surface area (Å²) in [5, 5.41) is 5.57. The number of benzene rings is 1. The molecule has 34 nitrogen and oxygen atoms in total. The van der Waals surface area contributed by atoms with Crippen LogP contribution in [0.4, 0.5) is 0 Å². The molecule has 3 aliphatic rings. The number of unbranched alkanes of at least 4 members (excludes halogenated alkanes) is 25. The van der Waals surface area contributed by atoms with E-state index in [2.05, 4.69) is 24.5 Å². The molecule has 3 saturated heterocycles. The Bertz CT molecular complexity index is 3410. The molecule has 3 aliphatic heterocycles. The summed E-state index contributed by atoms with van der Waals surface area (Å²) in [6, 6.07) is 5.11. The Balaban J connectivity index is 1.95. The fourth-order valence-corrected chi connectivity index (χ4v) is 14.7. The molecule has 2 N–H and O–H groups in total. The van der Waals surface area contributed by atoms with Crippen molar-refractivity contribution in [2.45, 2.75) is 386 Å². The second kappa shape index (κ2) is 57.6. The summed E-state index contributed by atoms with van der Waals surface area (Å²) in [7, 11) is 0.832. The SMILES string of the molecule is CCCCCCCCCCCCC/C=C/[C@@H](OC(=O)c1ccccc1)[C@H](CO[C@@H]1O[C@H](COC(C)=O)[C@@H](O[C@@H]2O[C@H](COC(C)=O)[C@H](OC(C)=O)[C@H](O[C@]3([13C](=O)OC)C[C@H](OC(C)=O)[C@@H](NC(C)=O)[C@H]([C@H](OC(C)=O)[C@@H](COC(C)=O)OC(C)=O)O3)[C@H]2OC(C)=O)[C@H](OC(C)=O)[C@H]1OC(C)=O)NC(=O)CCCCCCCCCCCCCCCCC. The van der Waals surface area contributed by atoms with Gasteiger partial charge in [-0.3, -0.25) is 57.5 Å². The number of ether oxygens (including phenoxy) is 18. The van der Waals surface area contributed by atoms with Crippen LogP contribution in [0.25, 0.3) is 0 Å². The molecule has 0 radical (unpaired) electrons. The highest BCUT2D eigenvalue weighted by Crippen LogP contribution is 2.43. The van der Waals surface area contributed by atoms with E-state index in [9.17, 15) is 62.3 Å². The number of carbonyl (C=O) groups excluding carboxylic acids is 14. The maximum atomic E-state index is 15.2. The van der Waals surface area contributed by atoms with E-state index in [0.29, 0.717) is 12.8 Å². The average Bonchev–Trinajstić information content (AvgIpc) is 0.742. The number of rotatable bonds is 57. The zero-order valence-electron chi connectivity index (χ0n) is 73.3. The molecule has 4 rings (SSSR count). The molecular weight excluding hydrogens is 1590 g/mol. The molecule has 0 saturated carbocycles. The minimum Gasteiger partial charge on any atom is -0.465 e. The summed E-state index contributed by atoms with van der Waals surface area (Å²) in [5.74, 6) is -17.5. The first kappa shape index (κ1) is 105. The molecule has 2 amide bonds. The summed E-state index contributed by atoms with van der Waals surface area (Å²) in [6.07, 6.45) is 1.61. The molecule has 1 aromatic rings. The molecule has 121 heavy (non-hydrogen) atoms. The van der Waals surface area contributed by atoms with Gasteiger partial charge in [0.05, 0.1) is 37.8 Å². The molecule has 1 aromatic carbocycles. The van der Waals surface area contributed by atoms with Crippen LogP contribution in [0.15, 0.2) is 42.5 Å².